The molecule has 1 atom stereocenters. The highest BCUT2D eigenvalue weighted by Crippen LogP contribution is 2.37. The Kier molecular flexibility index (Phi) is 5.36. The van der Waals surface area contributed by atoms with E-state index in [2.05, 4.69) is 16.9 Å². The lowest BCUT2D eigenvalue weighted by Gasteiger charge is -2.12. The van der Waals surface area contributed by atoms with Crippen molar-refractivity contribution in [3.63, 3.8) is 0 Å². The van der Waals surface area contributed by atoms with Crippen LogP contribution < -0.4 is 15.2 Å². The maximum absolute atomic E-state index is 13.5. The Labute approximate surface area is 190 Å². The maximum atomic E-state index is 13.5. The highest BCUT2D eigenvalue weighted by Gasteiger charge is 2.26. The molecule has 0 aliphatic carbocycles. The number of likely N-dealkylation sites (N-methyl/N-ethyl adjacent to an activating group) is 1. The average Bonchev–Trinajstić information content (AvgIpc) is 3.34. The van der Waals surface area contributed by atoms with Gasteiger partial charge < -0.3 is 14.4 Å². The largest absolute Gasteiger partial charge is 0.491 e. The number of nitrogens with zero attached hydrogens (tertiary/aromatic N) is 4. The van der Waals surface area contributed by atoms with E-state index in [-0.39, 0.29) is 11.7 Å². The number of pyridine rings is 1. The van der Waals surface area contributed by atoms with Gasteiger partial charge in [0.2, 0.25) is 0 Å². The summed E-state index contributed by atoms with van der Waals surface area (Å²) in [5.74, 6) is 1.61. The van der Waals surface area contributed by atoms with Crippen LogP contribution in [0.15, 0.2) is 65.7 Å². The van der Waals surface area contributed by atoms with Gasteiger partial charge in [0.15, 0.2) is 11.5 Å². The molecular formula is C24H23ClN4O3. The monoisotopic (exact) mass is 450 g/mol. The molecule has 5 rings (SSSR count). The van der Waals surface area contributed by atoms with Gasteiger partial charge in [-0.3, -0.25) is 14.1 Å². The molecule has 2 aromatic carbocycles. The van der Waals surface area contributed by atoms with Crippen LogP contribution in [0.4, 0.5) is 0 Å². The van der Waals surface area contributed by atoms with E-state index in [1.165, 1.54) is 0 Å². The number of aromatic nitrogens is 3. The van der Waals surface area contributed by atoms with Crippen LogP contribution in [0, 0.1) is 0 Å². The van der Waals surface area contributed by atoms with Crippen molar-refractivity contribution in [1.82, 2.24) is 19.0 Å². The van der Waals surface area contributed by atoms with Crippen molar-refractivity contribution >= 4 is 22.6 Å². The number of likely N-dealkylation sites (tertiary alicyclic amines) is 1. The van der Waals surface area contributed by atoms with Gasteiger partial charge >= 0.3 is 5.69 Å². The summed E-state index contributed by atoms with van der Waals surface area (Å²) in [6.07, 6.45) is 4.43. The maximum Gasteiger partial charge on any atom is 0.334 e. The molecular weight excluding hydrogens is 428 g/mol. The van der Waals surface area contributed by atoms with Crippen LogP contribution in [-0.4, -0.2) is 46.3 Å². The van der Waals surface area contributed by atoms with Gasteiger partial charge in [-0.05, 0) is 62.5 Å². The first-order chi connectivity index (χ1) is 15.6. The molecule has 1 aliphatic rings. The Balaban J connectivity index is 1.52. The van der Waals surface area contributed by atoms with Gasteiger partial charge in [-0.15, -0.1) is 0 Å². The van der Waals surface area contributed by atoms with Gasteiger partial charge in [0.25, 0.3) is 0 Å². The van der Waals surface area contributed by atoms with Crippen molar-refractivity contribution in [2.75, 3.05) is 27.2 Å². The third kappa shape index (κ3) is 3.53. The second-order valence-corrected chi connectivity index (χ2v) is 8.33. The third-order valence-corrected chi connectivity index (χ3v) is 6.16. The second-order valence-electron chi connectivity index (χ2n) is 7.92. The molecule has 0 N–H and O–H groups in total. The number of halogens is 1. The number of hydrogen-bond acceptors (Lipinski definition) is 5. The molecule has 4 aromatic rings. The molecule has 0 saturated carbocycles. The zero-order chi connectivity index (χ0) is 22.2. The van der Waals surface area contributed by atoms with Crippen LogP contribution >= 0.6 is 11.6 Å². The molecule has 0 spiro atoms. The predicted molar refractivity (Wildman–Crippen MR) is 125 cm³/mol. The van der Waals surface area contributed by atoms with E-state index in [1.54, 1.807) is 42.3 Å². The third-order valence-electron chi connectivity index (χ3n) is 5.86. The van der Waals surface area contributed by atoms with Crippen molar-refractivity contribution in [1.29, 1.82) is 0 Å². The van der Waals surface area contributed by atoms with Crippen molar-refractivity contribution in [2.24, 2.45) is 0 Å². The summed E-state index contributed by atoms with van der Waals surface area (Å²) in [4.78, 5) is 20.0. The minimum atomic E-state index is -0.0570. The number of rotatable bonds is 5. The van der Waals surface area contributed by atoms with Crippen LogP contribution in [0.25, 0.3) is 16.7 Å². The first-order valence-electron chi connectivity index (χ1n) is 10.4. The Morgan fingerprint density at radius 2 is 1.91 bits per heavy atom. The Morgan fingerprint density at radius 1 is 1.09 bits per heavy atom. The lowest BCUT2D eigenvalue weighted by atomic mass is 10.2. The van der Waals surface area contributed by atoms with Crippen LogP contribution in [0.1, 0.15) is 12.5 Å². The number of hydrogen-bond donors (Lipinski definition) is 0. The summed E-state index contributed by atoms with van der Waals surface area (Å²) >= 11 is 6.18. The fraction of sp³-hybridized carbons (Fsp3) is 0.250. The number of para-hydroxylation sites is 1. The molecule has 164 valence electrons. The van der Waals surface area contributed by atoms with E-state index in [1.807, 2.05) is 34.9 Å². The van der Waals surface area contributed by atoms with Crippen molar-refractivity contribution in [2.45, 2.75) is 12.5 Å². The van der Waals surface area contributed by atoms with Crippen LogP contribution in [0.3, 0.4) is 0 Å². The first-order valence-corrected chi connectivity index (χ1v) is 10.8. The molecule has 0 amide bonds. The highest BCUT2D eigenvalue weighted by atomic mass is 35.5. The van der Waals surface area contributed by atoms with E-state index in [0.717, 1.165) is 36.2 Å². The molecule has 0 radical (unpaired) electrons. The van der Waals surface area contributed by atoms with Gasteiger partial charge in [0, 0.05) is 12.7 Å². The summed E-state index contributed by atoms with van der Waals surface area (Å²) < 4.78 is 14.9. The molecule has 1 fully saturated rings. The minimum Gasteiger partial charge on any atom is -0.491 e. The Hall–Kier alpha value is -3.29. The molecule has 2 aromatic heterocycles. The molecule has 3 heterocycles. The lowest BCUT2D eigenvalue weighted by molar-refractivity contribution is 0.379. The summed E-state index contributed by atoms with van der Waals surface area (Å²) in [7, 11) is 3.63. The van der Waals surface area contributed by atoms with Crippen molar-refractivity contribution in [3.05, 3.63) is 76.4 Å². The topological polar surface area (TPSA) is 61.5 Å². The van der Waals surface area contributed by atoms with Crippen molar-refractivity contribution in [3.8, 4) is 22.9 Å². The van der Waals surface area contributed by atoms with E-state index < -0.39 is 0 Å². The molecule has 1 aliphatic heterocycles. The van der Waals surface area contributed by atoms with Crippen molar-refractivity contribution < 1.29 is 9.47 Å². The summed E-state index contributed by atoms with van der Waals surface area (Å²) in [6, 6.07) is 14.8. The lowest BCUT2D eigenvalue weighted by Crippen LogP contribution is -2.28. The number of fused-ring (bicyclic) bond motifs is 1. The Bertz CT molecular complexity index is 1330. The van der Waals surface area contributed by atoms with E-state index in [9.17, 15) is 4.79 Å². The van der Waals surface area contributed by atoms with Gasteiger partial charge in [-0.2, -0.15) is 0 Å². The van der Waals surface area contributed by atoms with Gasteiger partial charge in [0.1, 0.15) is 5.75 Å². The predicted octanol–water partition coefficient (Wildman–Crippen LogP) is 4.52. The fourth-order valence-corrected chi connectivity index (χ4v) is 4.59. The van der Waals surface area contributed by atoms with E-state index in [4.69, 9.17) is 21.1 Å². The molecule has 0 bridgehead atoms. The van der Waals surface area contributed by atoms with Crippen LogP contribution in [-0.2, 0) is 0 Å². The standard InChI is InChI=1S/C24H23ClN4O3/c1-27-13-11-17(15-27)29-20-10-12-26-14-21(20)28(24(29)30)16-6-8-18(9-7-16)32-22-5-3-4-19(25)23(22)31-2/h3-10,12,14,17H,11,13,15H2,1-2H3. The zero-order valence-electron chi connectivity index (χ0n) is 17.9. The minimum absolute atomic E-state index is 0.0570. The van der Waals surface area contributed by atoms with E-state index in [0.29, 0.717) is 22.3 Å². The number of ether oxygens (including phenoxy) is 2. The van der Waals surface area contributed by atoms with Gasteiger partial charge in [0.05, 0.1) is 41.1 Å². The quantitative estimate of drug-likeness (QED) is 0.447. The molecule has 32 heavy (non-hydrogen) atoms. The second kappa shape index (κ2) is 8.33. The van der Waals surface area contributed by atoms with Gasteiger partial charge in [-0.1, -0.05) is 17.7 Å². The van der Waals surface area contributed by atoms with Gasteiger partial charge in [-0.25, -0.2) is 4.79 Å². The van der Waals surface area contributed by atoms with Crippen LogP contribution in [0.5, 0.6) is 17.2 Å². The van der Waals surface area contributed by atoms with Crippen LogP contribution in [0.2, 0.25) is 5.02 Å². The molecule has 8 heteroatoms. The molecule has 1 unspecified atom stereocenters. The molecule has 7 nitrogen and oxygen atoms in total. The highest BCUT2D eigenvalue weighted by molar-refractivity contribution is 6.32. The number of methoxy groups -OCH3 is 1. The zero-order valence-corrected chi connectivity index (χ0v) is 18.6. The molecule has 1 saturated heterocycles. The number of benzene rings is 2. The Morgan fingerprint density at radius 3 is 2.62 bits per heavy atom. The van der Waals surface area contributed by atoms with E-state index >= 15 is 0 Å². The summed E-state index contributed by atoms with van der Waals surface area (Å²) in [5.41, 5.74) is 2.38. The number of imidazole rings is 1. The fourth-order valence-electron chi connectivity index (χ4n) is 4.35. The SMILES string of the molecule is COc1c(Cl)cccc1Oc1ccc(-n2c(=O)n(C3CCN(C)C3)c3ccncc32)cc1. The normalized spacial score (nSPS) is 16.5. The average molecular weight is 451 g/mol. The smallest absolute Gasteiger partial charge is 0.334 e. The summed E-state index contributed by atoms with van der Waals surface area (Å²) in [5, 5.41) is 0.478. The summed E-state index contributed by atoms with van der Waals surface area (Å²) in [6.45, 7) is 1.84. The first kappa shape index (κ1) is 20.6.